The van der Waals surface area contributed by atoms with Crippen LogP contribution < -0.4 is 10.5 Å². The molecule has 0 unspecified atom stereocenters. The number of rotatable bonds is 6. The summed E-state index contributed by atoms with van der Waals surface area (Å²) in [5.74, 6) is -0.348. The van der Waals surface area contributed by atoms with E-state index in [0.717, 1.165) is 31.9 Å². The first kappa shape index (κ1) is 22.2. The first-order valence-electron chi connectivity index (χ1n) is 10.6. The highest BCUT2D eigenvalue weighted by atomic mass is 32.1. The smallest absolute Gasteiger partial charge is 0.348 e. The number of ether oxygens (including phenoxy) is 1. The minimum atomic E-state index is -0.411. The van der Waals surface area contributed by atoms with E-state index in [-0.39, 0.29) is 17.9 Å². The number of hydrogen-bond acceptors (Lipinski definition) is 8. The summed E-state index contributed by atoms with van der Waals surface area (Å²) in [4.78, 5) is 46.7. The molecule has 0 bridgehead atoms. The van der Waals surface area contributed by atoms with Gasteiger partial charge in [0.2, 0.25) is 0 Å². The van der Waals surface area contributed by atoms with Crippen molar-refractivity contribution in [2.24, 2.45) is 0 Å². The average molecular weight is 455 g/mol. The lowest BCUT2D eigenvalue weighted by Crippen LogP contribution is -2.47. The number of piperazine rings is 1. The second-order valence-corrected chi connectivity index (χ2v) is 8.82. The zero-order chi connectivity index (χ0) is 22.8. The van der Waals surface area contributed by atoms with Crippen LogP contribution in [0.3, 0.4) is 0 Å². The summed E-state index contributed by atoms with van der Waals surface area (Å²) in [6.07, 6.45) is 1.56. The van der Waals surface area contributed by atoms with Gasteiger partial charge in [-0.1, -0.05) is 0 Å². The van der Waals surface area contributed by atoms with Crippen LogP contribution >= 0.6 is 11.3 Å². The van der Waals surface area contributed by atoms with Crippen LogP contribution in [0.25, 0.3) is 10.2 Å². The van der Waals surface area contributed by atoms with Crippen molar-refractivity contribution < 1.29 is 14.3 Å². The SMILES string of the molecule is CCOC(=O)c1sc2ncn(CN3CCN(c4ccc(C(C)=O)cc4)CC3)c(=O)c2c1C. The molecule has 9 heteroatoms. The van der Waals surface area contributed by atoms with Gasteiger partial charge >= 0.3 is 5.97 Å². The molecule has 1 saturated heterocycles. The van der Waals surface area contributed by atoms with Gasteiger partial charge in [-0.3, -0.25) is 19.1 Å². The highest BCUT2D eigenvalue weighted by Gasteiger charge is 2.22. The first-order valence-corrected chi connectivity index (χ1v) is 11.4. The van der Waals surface area contributed by atoms with E-state index >= 15 is 0 Å². The third kappa shape index (κ3) is 4.31. The molecule has 3 aromatic rings. The number of anilines is 1. The Balaban J connectivity index is 1.46. The molecule has 3 heterocycles. The van der Waals surface area contributed by atoms with Crippen LogP contribution in [0, 0.1) is 6.92 Å². The fourth-order valence-electron chi connectivity index (χ4n) is 3.92. The van der Waals surface area contributed by atoms with Crippen LogP contribution in [0.1, 0.15) is 39.4 Å². The van der Waals surface area contributed by atoms with Crippen molar-refractivity contribution in [1.82, 2.24) is 14.5 Å². The number of esters is 1. The summed E-state index contributed by atoms with van der Waals surface area (Å²) >= 11 is 1.20. The number of nitrogens with zero attached hydrogens (tertiary/aromatic N) is 4. The van der Waals surface area contributed by atoms with Crippen molar-refractivity contribution in [3.05, 3.63) is 57.0 Å². The molecular formula is C23H26N4O4S. The maximum Gasteiger partial charge on any atom is 0.348 e. The number of aryl methyl sites for hydroxylation is 1. The molecule has 4 rings (SSSR count). The molecule has 1 aliphatic rings. The normalized spacial score (nSPS) is 14.7. The van der Waals surface area contributed by atoms with Crippen molar-refractivity contribution in [3.8, 4) is 0 Å². The minimum absolute atomic E-state index is 0.0626. The third-order valence-corrected chi connectivity index (χ3v) is 6.92. The number of aromatic nitrogens is 2. The quantitative estimate of drug-likeness (QED) is 0.418. The van der Waals surface area contributed by atoms with Gasteiger partial charge in [-0.15, -0.1) is 11.3 Å². The van der Waals surface area contributed by atoms with Crippen molar-refractivity contribution in [1.29, 1.82) is 0 Å². The minimum Gasteiger partial charge on any atom is -0.462 e. The van der Waals surface area contributed by atoms with E-state index in [1.165, 1.54) is 11.3 Å². The van der Waals surface area contributed by atoms with E-state index in [0.29, 0.717) is 32.9 Å². The lowest BCUT2D eigenvalue weighted by molar-refractivity contribution is 0.0531. The number of carbonyl (C=O) groups excluding carboxylic acids is 2. The van der Waals surface area contributed by atoms with E-state index in [1.54, 1.807) is 31.7 Å². The number of ketones is 1. The molecule has 0 saturated carbocycles. The Bertz CT molecular complexity index is 1210. The Morgan fingerprint density at radius 3 is 2.44 bits per heavy atom. The van der Waals surface area contributed by atoms with Crippen LogP contribution in [-0.2, 0) is 11.4 Å². The molecule has 0 radical (unpaired) electrons. The monoisotopic (exact) mass is 454 g/mol. The van der Waals surface area contributed by atoms with Crippen molar-refractivity contribution in [2.45, 2.75) is 27.4 Å². The van der Waals surface area contributed by atoms with Gasteiger partial charge in [-0.2, -0.15) is 0 Å². The van der Waals surface area contributed by atoms with Gasteiger partial charge in [0.1, 0.15) is 16.0 Å². The second kappa shape index (κ2) is 9.22. The maximum atomic E-state index is 13.1. The summed E-state index contributed by atoms with van der Waals surface area (Å²) in [6.45, 7) is 9.09. The largest absolute Gasteiger partial charge is 0.462 e. The van der Waals surface area contributed by atoms with Crippen LogP contribution in [0.15, 0.2) is 35.4 Å². The van der Waals surface area contributed by atoms with Gasteiger partial charge in [-0.25, -0.2) is 9.78 Å². The first-order chi connectivity index (χ1) is 15.4. The number of Topliss-reactive ketones (excluding diaryl/α,β-unsaturated/α-hetero) is 1. The molecule has 1 fully saturated rings. The topological polar surface area (TPSA) is 84.7 Å². The highest BCUT2D eigenvalue weighted by molar-refractivity contribution is 7.20. The molecule has 8 nitrogen and oxygen atoms in total. The van der Waals surface area contributed by atoms with Gasteiger partial charge in [-0.05, 0) is 50.6 Å². The molecule has 0 N–H and O–H groups in total. The lowest BCUT2D eigenvalue weighted by Gasteiger charge is -2.36. The predicted molar refractivity (Wildman–Crippen MR) is 125 cm³/mol. The Morgan fingerprint density at radius 1 is 1.12 bits per heavy atom. The third-order valence-electron chi connectivity index (χ3n) is 5.74. The summed E-state index contributed by atoms with van der Waals surface area (Å²) in [7, 11) is 0. The number of fused-ring (bicyclic) bond motifs is 1. The second-order valence-electron chi connectivity index (χ2n) is 7.83. The van der Waals surface area contributed by atoms with Gasteiger partial charge in [0, 0.05) is 37.4 Å². The zero-order valence-electron chi connectivity index (χ0n) is 18.5. The summed E-state index contributed by atoms with van der Waals surface area (Å²) in [5, 5.41) is 0.491. The molecular weight excluding hydrogens is 428 g/mol. The molecule has 1 aromatic carbocycles. The van der Waals surface area contributed by atoms with Gasteiger partial charge in [0.15, 0.2) is 5.78 Å². The van der Waals surface area contributed by atoms with E-state index in [4.69, 9.17) is 4.74 Å². The van der Waals surface area contributed by atoms with E-state index in [9.17, 15) is 14.4 Å². The molecule has 0 aliphatic carbocycles. The Labute approximate surface area is 190 Å². The molecule has 32 heavy (non-hydrogen) atoms. The van der Waals surface area contributed by atoms with Gasteiger partial charge in [0.25, 0.3) is 5.56 Å². The average Bonchev–Trinajstić information content (AvgIpc) is 3.13. The number of hydrogen-bond donors (Lipinski definition) is 0. The molecule has 168 valence electrons. The summed E-state index contributed by atoms with van der Waals surface area (Å²) in [6, 6.07) is 7.68. The Morgan fingerprint density at radius 2 is 1.81 bits per heavy atom. The fraction of sp³-hybridized carbons (Fsp3) is 0.391. The zero-order valence-corrected chi connectivity index (χ0v) is 19.3. The van der Waals surface area contributed by atoms with E-state index < -0.39 is 5.97 Å². The van der Waals surface area contributed by atoms with Crippen LogP contribution in [0.4, 0.5) is 5.69 Å². The predicted octanol–water partition coefficient (Wildman–Crippen LogP) is 2.93. The molecule has 2 aromatic heterocycles. The van der Waals surface area contributed by atoms with E-state index in [1.807, 2.05) is 24.3 Å². The van der Waals surface area contributed by atoms with Crippen molar-refractivity contribution in [2.75, 3.05) is 37.7 Å². The standard InChI is InChI=1S/C23H26N4O4S/c1-4-31-23(30)20-15(2)19-21(32-20)24-13-27(22(19)29)14-25-9-11-26(12-10-25)18-7-5-17(6-8-18)16(3)28/h5-8,13H,4,9-12,14H2,1-3H3. The number of benzene rings is 1. The Hall–Kier alpha value is -3.04. The number of thiophene rings is 1. The van der Waals surface area contributed by atoms with E-state index in [2.05, 4.69) is 14.8 Å². The summed E-state index contributed by atoms with van der Waals surface area (Å²) < 4.78 is 6.71. The van der Waals surface area contributed by atoms with Crippen LogP contribution in [0.5, 0.6) is 0 Å². The molecule has 0 atom stereocenters. The highest BCUT2D eigenvalue weighted by Crippen LogP contribution is 2.27. The van der Waals surface area contributed by atoms with Crippen molar-refractivity contribution >= 4 is 39.0 Å². The van der Waals surface area contributed by atoms with Gasteiger partial charge in [0.05, 0.1) is 18.7 Å². The maximum absolute atomic E-state index is 13.1. The van der Waals surface area contributed by atoms with Crippen LogP contribution in [-0.4, -0.2) is 59.0 Å². The molecule has 0 amide bonds. The Kier molecular flexibility index (Phi) is 6.38. The van der Waals surface area contributed by atoms with Crippen molar-refractivity contribution in [3.63, 3.8) is 0 Å². The lowest BCUT2D eigenvalue weighted by atomic mass is 10.1. The summed E-state index contributed by atoms with van der Waals surface area (Å²) in [5.41, 5.74) is 2.30. The fourth-order valence-corrected chi connectivity index (χ4v) is 4.95. The molecule has 1 aliphatic heterocycles. The molecule has 0 spiro atoms. The van der Waals surface area contributed by atoms with Crippen LogP contribution in [0.2, 0.25) is 0 Å². The number of carbonyl (C=O) groups is 2. The van der Waals surface area contributed by atoms with Gasteiger partial charge < -0.3 is 9.64 Å².